The molecule has 0 bridgehead atoms. The van der Waals surface area contributed by atoms with Crippen molar-refractivity contribution in [2.45, 2.75) is 25.7 Å². The first kappa shape index (κ1) is 8.79. The number of carbonyl (C=O) groups is 2. The average molecular weight is 166 g/mol. The van der Waals surface area contributed by atoms with Gasteiger partial charge in [-0.2, -0.15) is 0 Å². The summed E-state index contributed by atoms with van der Waals surface area (Å²) in [6.07, 6.45) is 8.44. The van der Waals surface area contributed by atoms with Gasteiger partial charge in [0.25, 0.3) is 0 Å². The summed E-state index contributed by atoms with van der Waals surface area (Å²) < 4.78 is 4.37. The zero-order valence-electron chi connectivity index (χ0n) is 6.71. The van der Waals surface area contributed by atoms with E-state index in [1.54, 1.807) is 5.92 Å². The van der Waals surface area contributed by atoms with E-state index in [0.717, 1.165) is 25.7 Å². The molecule has 0 aliphatic heterocycles. The molecule has 0 aromatic rings. The van der Waals surface area contributed by atoms with E-state index < -0.39 is 11.9 Å². The van der Waals surface area contributed by atoms with Gasteiger partial charge in [-0.3, -0.25) is 4.79 Å². The fourth-order valence-corrected chi connectivity index (χ4v) is 1.37. The van der Waals surface area contributed by atoms with Crippen LogP contribution in [0.15, 0.2) is 0 Å². The fourth-order valence-electron chi connectivity index (χ4n) is 1.37. The Labute approximate surface area is 71.1 Å². The lowest BCUT2D eigenvalue weighted by atomic mass is 10.1. The van der Waals surface area contributed by atoms with Crippen LogP contribution in [0.5, 0.6) is 0 Å². The van der Waals surface area contributed by atoms with E-state index in [1.165, 1.54) is 0 Å². The Hall–Kier alpha value is -1.30. The van der Waals surface area contributed by atoms with Crippen molar-refractivity contribution in [1.29, 1.82) is 0 Å². The monoisotopic (exact) mass is 166 g/mol. The van der Waals surface area contributed by atoms with Crippen molar-refractivity contribution in [1.82, 2.24) is 0 Å². The van der Waals surface area contributed by atoms with Crippen LogP contribution in [0.2, 0.25) is 0 Å². The fraction of sp³-hybridized carbons (Fsp3) is 0.556. The summed E-state index contributed by atoms with van der Waals surface area (Å²) in [7, 11) is 0. The second-order valence-corrected chi connectivity index (χ2v) is 2.83. The second kappa shape index (κ2) is 3.91. The number of hydrogen-bond donors (Lipinski definition) is 0. The molecular formula is C9H10O3. The molecule has 0 spiro atoms. The lowest BCUT2D eigenvalue weighted by Gasteiger charge is -2.04. The highest BCUT2D eigenvalue weighted by Crippen LogP contribution is 2.25. The first-order valence-electron chi connectivity index (χ1n) is 3.96. The number of hydrogen-bond acceptors (Lipinski definition) is 3. The first-order valence-corrected chi connectivity index (χ1v) is 3.96. The summed E-state index contributed by atoms with van der Waals surface area (Å²) in [5, 5.41) is 0. The van der Waals surface area contributed by atoms with Crippen LogP contribution in [0, 0.1) is 18.3 Å². The maximum absolute atomic E-state index is 11.1. The molecule has 1 aliphatic carbocycles. The molecule has 0 aromatic carbocycles. The Bertz CT molecular complexity index is 231. The van der Waals surface area contributed by atoms with Gasteiger partial charge in [-0.25, -0.2) is 4.79 Å². The van der Waals surface area contributed by atoms with Crippen molar-refractivity contribution in [2.75, 3.05) is 0 Å². The van der Waals surface area contributed by atoms with Crippen molar-refractivity contribution in [3.8, 4) is 12.3 Å². The molecule has 0 unspecified atom stereocenters. The number of rotatable bonds is 1. The van der Waals surface area contributed by atoms with Gasteiger partial charge in [-0.05, 0) is 12.8 Å². The standard InChI is InChI=1S/C9H10O3/c1-2-8(10)12-9(11)7-5-3-4-6-7/h1,7H,3-6H2. The van der Waals surface area contributed by atoms with Gasteiger partial charge in [0.1, 0.15) is 0 Å². The van der Waals surface area contributed by atoms with Gasteiger partial charge in [-0.15, -0.1) is 6.42 Å². The molecule has 3 nitrogen and oxygen atoms in total. The molecule has 64 valence electrons. The molecule has 0 saturated heterocycles. The summed E-state index contributed by atoms with van der Waals surface area (Å²) in [6, 6.07) is 0. The highest BCUT2D eigenvalue weighted by Gasteiger charge is 2.25. The number of esters is 2. The van der Waals surface area contributed by atoms with Crippen molar-refractivity contribution in [3.05, 3.63) is 0 Å². The predicted octanol–water partition coefficient (Wildman–Crippen LogP) is 0.880. The molecule has 0 heterocycles. The summed E-state index contributed by atoms with van der Waals surface area (Å²) in [4.78, 5) is 21.6. The summed E-state index contributed by atoms with van der Waals surface area (Å²) in [5.41, 5.74) is 0. The van der Waals surface area contributed by atoms with Gasteiger partial charge in [0, 0.05) is 5.92 Å². The zero-order valence-corrected chi connectivity index (χ0v) is 6.71. The first-order chi connectivity index (χ1) is 5.74. The Morgan fingerprint density at radius 3 is 2.42 bits per heavy atom. The van der Waals surface area contributed by atoms with Gasteiger partial charge in [0.15, 0.2) is 0 Å². The smallest absolute Gasteiger partial charge is 0.383 e. The normalized spacial score (nSPS) is 16.9. The third-order valence-corrected chi connectivity index (χ3v) is 2.00. The quantitative estimate of drug-likeness (QED) is 0.251. The Balaban J connectivity index is 2.38. The Morgan fingerprint density at radius 1 is 1.33 bits per heavy atom. The SMILES string of the molecule is C#CC(=O)OC(=O)C1CCCC1. The topological polar surface area (TPSA) is 43.4 Å². The van der Waals surface area contributed by atoms with E-state index in [-0.39, 0.29) is 5.92 Å². The van der Waals surface area contributed by atoms with E-state index >= 15 is 0 Å². The van der Waals surface area contributed by atoms with Crippen LogP contribution in [-0.4, -0.2) is 11.9 Å². The van der Waals surface area contributed by atoms with Crippen molar-refractivity contribution >= 4 is 11.9 Å². The maximum Gasteiger partial charge on any atom is 0.391 e. The third kappa shape index (κ3) is 2.09. The van der Waals surface area contributed by atoms with Crippen LogP contribution in [-0.2, 0) is 14.3 Å². The minimum absolute atomic E-state index is 0.109. The maximum atomic E-state index is 11.1. The predicted molar refractivity (Wildman–Crippen MR) is 41.9 cm³/mol. The average Bonchev–Trinajstić information content (AvgIpc) is 2.56. The van der Waals surface area contributed by atoms with Crippen molar-refractivity contribution in [2.24, 2.45) is 5.92 Å². The molecule has 3 heteroatoms. The Morgan fingerprint density at radius 2 is 1.92 bits per heavy atom. The van der Waals surface area contributed by atoms with Gasteiger partial charge in [0.05, 0.1) is 5.92 Å². The van der Waals surface area contributed by atoms with Crippen LogP contribution in [0.3, 0.4) is 0 Å². The van der Waals surface area contributed by atoms with E-state index in [1.807, 2.05) is 0 Å². The molecule has 0 amide bonds. The third-order valence-electron chi connectivity index (χ3n) is 2.00. The number of ether oxygens (including phenoxy) is 1. The van der Waals surface area contributed by atoms with Crippen LogP contribution in [0.4, 0.5) is 0 Å². The highest BCUT2D eigenvalue weighted by molar-refractivity contribution is 5.96. The molecule has 1 fully saturated rings. The largest absolute Gasteiger partial charge is 0.391 e. The number of carbonyl (C=O) groups excluding carboxylic acids is 2. The van der Waals surface area contributed by atoms with Gasteiger partial charge in [0.2, 0.25) is 0 Å². The number of terminal acetylenes is 1. The van der Waals surface area contributed by atoms with Gasteiger partial charge >= 0.3 is 11.9 Å². The minimum atomic E-state index is -0.882. The zero-order chi connectivity index (χ0) is 8.97. The summed E-state index contributed by atoms with van der Waals surface area (Å²) in [6.45, 7) is 0. The molecule has 0 aromatic heterocycles. The van der Waals surface area contributed by atoms with Gasteiger partial charge < -0.3 is 4.74 Å². The molecular weight excluding hydrogens is 156 g/mol. The molecule has 0 atom stereocenters. The lowest BCUT2D eigenvalue weighted by molar-refractivity contribution is -0.158. The second-order valence-electron chi connectivity index (χ2n) is 2.83. The molecule has 1 rings (SSSR count). The highest BCUT2D eigenvalue weighted by atomic mass is 16.6. The Kier molecular flexibility index (Phi) is 2.87. The van der Waals surface area contributed by atoms with E-state index in [4.69, 9.17) is 6.42 Å². The van der Waals surface area contributed by atoms with E-state index in [0.29, 0.717) is 0 Å². The van der Waals surface area contributed by atoms with E-state index in [9.17, 15) is 9.59 Å². The van der Waals surface area contributed by atoms with Crippen molar-refractivity contribution < 1.29 is 14.3 Å². The van der Waals surface area contributed by atoms with Gasteiger partial charge in [-0.1, -0.05) is 12.8 Å². The molecule has 12 heavy (non-hydrogen) atoms. The molecule has 0 N–H and O–H groups in total. The summed E-state index contributed by atoms with van der Waals surface area (Å²) in [5.74, 6) is 0.283. The van der Waals surface area contributed by atoms with Crippen LogP contribution in [0.25, 0.3) is 0 Å². The molecule has 0 radical (unpaired) electrons. The van der Waals surface area contributed by atoms with Crippen LogP contribution < -0.4 is 0 Å². The summed E-state index contributed by atoms with van der Waals surface area (Å²) >= 11 is 0. The minimum Gasteiger partial charge on any atom is -0.383 e. The molecule has 1 aliphatic rings. The van der Waals surface area contributed by atoms with Crippen molar-refractivity contribution in [3.63, 3.8) is 0 Å². The lowest BCUT2D eigenvalue weighted by Crippen LogP contribution is -2.17. The van der Waals surface area contributed by atoms with Crippen LogP contribution in [0.1, 0.15) is 25.7 Å². The van der Waals surface area contributed by atoms with Crippen LogP contribution >= 0.6 is 0 Å². The molecule has 1 saturated carbocycles. The van der Waals surface area contributed by atoms with E-state index in [2.05, 4.69) is 4.74 Å².